The van der Waals surface area contributed by atoms with Crippen LogP contribution in [0.4, 0.5) is 0 Å². The minimum Gasteiger partial charge on any atom is -0.338 e. The molecule has 0 unspecified atom stereocenters. The Morgan fingerprint density at radius 3 is 2.57 bits per heavy atom. The zero-order valence-corrected chi connectivity index (χ0v) is 18.2. The molecule has 0 radical (unpaired) electrons. The van der Waals surface area contributed by atoms with E-state index in [0.717, 1.165) is 57.8 Å². The summed E-state index contributed by atoms with van der Waals surface area (Å²) < 4.78 is 35.7. The number of piperidine rings is 1. The quantitative estimate of drug-likeness (QED) is 0.672. The maximum Gasteiger partial charge on any atom is 0.282 e. The summed E-state index contributed by atoms with van der Waals surface area (Å²) >= 11 is 0. The van der Waals surface area contributed by atoms with Crippen molar-refractivity contribution in [1.29, 1.82) is 0 Å². The van der Waals surface area contributed by atoms with Crippen molar-refractivity contribution >= 4 is 10.2 Å². The molecule has 8 heteroatoms. The molecule has 5 rings (SSSR count). The van der Waals surface area contributed by atoms with E-state index in [1.807, 2.05) is 18.2 Å². The second-order valence-corrected chi connectivity index (χ2v) is 11.0. The van der Waals surface area contributed by atoms with E-state index in [-0.39, 0.29) is 11.5 Å². The van der Waals surface area contributed by atoms with Gasteiger partial charge in [-0.15, -0.1) is 0 Å². The Kier molecular flexibility index (Phi) is 5.41. The average molecular weight is 431 g/mol. The maximum absolute atomic E-state index is 13.4. The summed E-state index contributed by atoms with van der Waals surface area (Å²) in [7, 11) is -3.49. The minimum atomic E-state index is -3.49. The molecule has 3 fully saturated rings. The van der Waals surface area contributed by atoms with Crippen molar-refractivity contribution in [2.45, 2.75) is 63.8 Å². The SMILES string of the molecule is O=S(=O)(N1CCCCC1)N1CC2(CC2)C[C@H]1c1nc(CCCc2ccccc2)no1. The number of nitrogens with zero attached hydrogens (tertiary/aromatic N) is 4. The normalized spacial score (nSPS) is 24.5. The molecule has 1 spiro atoms. The summed E-state index contributed by atoms with van der Waals surface area (Å²) in [5.74, 6) is 1.14. The number of aromatic nitrogens is 2. The van der Waals surface area contributed by atoms with Gasteiger partial charge in [0.15, 0.2) is 5.82 Å². The van der Waals surface area contributed by atoms with E-state index in [1.165, 1.54) is 5.56 Å². The molecular weight excluding hydrogens is 400 g/mol. The van der Waals surface area contributed by atoms with Crippen molar-refractivity contribution in [1.82, 2.24) is 18.8 Å². The molecule has 0 N–H and O–H groups in total. The summed E-state index contributed by atoms with van der Waals surface area (Å²) in [6, 6.07) is 10.0. The van der Waals surface area contributed by atoms with Crippen molar-refractivity contribution < 1.29 is 12.9 Å². The van der Waals surface area contributed by atoms with Crippen LogP contribution < -0.4 is 0 Å². The fraction of sp³-hybridized carbons (Fsp3) is 0.636. The van der Waals surface area contributed by atoms with Crippen LogP contribution in [0.25, 0.3) is 0 Å². The Morgan fingerprint density at radius 2 is 1.83 bits per heavy atom. The fourth-order valence-corrected chi connectivity index (χ4v) is 6.79. The van der Waals surface area contributed by atoms with Gasteiger partial charge in [0.2, 0.25) is 5.89 Å². The van der Waals surface area contributed by atoms with Crippen molar-refractivity contribution in [3.8, 4) is 0 Å². The molecule has 0 amide bonds. The Balaban J connectivity index is 1.29. The molecule has 2 aromatic rings. The summed E-state index contributed by atoms with van der Waals surface area (Å²) in [5.41, 5.74) is 1.42. The van der Waals surface area contributed by atoms with Gasteiger partial charge in [-0.1, -0.05) is 41.9 Å². The largest absolute Gasteiger partial charge is 0.338 e. The second-order valence-electron chi connectivity index (χ2n) is 9.12. The molecule has 1 saturated carbocycles. The van der Waals surface area contributed by atoms with Gasteiger partial charge in [0.25, 0.3) is 10.2 Å². The van der Waals surface area contributed by atoms with Crippen LogP contribution in [0.2, 0.25) is 0 Å². The first-order valence-corrected chi connectivity index (χ1v) is 12.6. The van der Waals surface area contributed by atoms with Gasteiger partial charge >= 0.3 is 0 Å². The highest BCUT2D eigenvalue weighted by atomic mass is 32.2. The molecule has 7 nitrogen and oxygen atoms in total. The number of benzene rings is 1. The molecule has 162 valence electrons. The topological polar surface area (TPSA) is 79.5 Å². The van der Waals surface area contributed by atoms with E-state index in [4.69, 9.17) is 4.52 Å². The van der Waals surface area contributed by atoms with Gasteiger partial charge in [-0.05, 0) is 55.9 Å². The van der Waals surface area contributed by atoms with Crippen LogP contribution >= 0.6 is 0 Å². The van der Waals surface area contributed by atoms with Gasteiger partial charge in [0, 0.05) is 26.1 Å². The van der Waals surface area contributed by atoms with Gasteiger partial charge in [-0.3, -0.25) is 0 Å². The molecule has 2 aliphatic heterocycles. The van der Waals surface area contributed by atoms with E-state index >= 15 is 0 Å². The number of rotatable bonds is 7. The van der Waals surface area contributed by atoms with Gasteiger partial charge in [0.1, 0.15) is 6.04 Å². The Labute approximate surface area is 178 Å². The first-order valence-electron chi connectivity index (χ1n) is 11.2. The molecule has 0 bridgehead atoms. The van der Waals surface area contributed by atoms with Crippen LogP contribution in [0.3, 0.4) is 0 Å². The summed E-state index contributed by atoms with van der Waals surface area (Å²) in [6.07, 6.45) is 8.60. The van der Waals surface area contributed by atoms with Crippen LogP contribution in [0, 0.1) is 5.41 Å². The molecule has 1 aromatic carbocycles. The zero-order valence-electron chi connectivity index (χ0n) is 17.4. The predicted octanol–water partition coefficient (Wildman–Crippen LogP) is 3.50. The number of aryl methyl sites for hydroxylation is 2. The maximum atomic E-state index is 13.4. The van der Waals surface area contributed by atoms with E-state index in [2.05, 4.69) is 22.3 Å². The third-order valence-electron chi connectivity index (χ3n) is 6.84. The highest BCUT2D eigenvalue weighted by molar-refractivity contribution is 7.86. The molecule has 30 heavy (non-hydrogen) atoms. The Bertz CT molecular complexity index is 965. The smallest absolute Gasteiger partial charge is 0.282 e. The van der Waals surface area contributed by atoms with E-state index < -0.39 is 10.2 Å². The highest BCUT2D eigenvalue weighted by Gasteiger charge is 2.57. The van der Waals surface area contributed by atoms with E-state index in [1.54, 1.807) is 8.61 Å². The van der Waals surface area contributed by atoms with Gasteiger partial charge in [-0.25, -0.2) is 0 Å². The van der Waals surface area contributed by atoms with Crippen LogP contribution in [-0.2, 0) is 23.1 Å². The van der Waals surface area contributed by atoms with Crippen molar-refractivity contribution in [2.24, 2.45) is 5.41 Å². The van der Waals surface area contributed by atoms with Gasteiger partial charge < -0.3 is 4.52 Å². The molecule has 3 heterocycles. The summed E-state index contributed by atoms with van der Waals surface area (Å²) in [4.78, 5) is 4.62. The molecule has 1 aliphatic carbocycles. The van der Waals surface area contributed by atoms with E-state index in [0.29, 0.717) is 31.3 Å². The molecule has 2 saturated heterocycles. The lowest BCUT2D eigenvalue weighted by atomic mass is 10.0. The van der Waals surface area contributed by atoms with Gasteiger partial charge in [-0.2, -0.15) is 22.0 Å². The fourth-order valence-electron chi connectivity index (χ4n) is 4.85. The van der Waals surface area contributed by atoms with Crippen LogP contribution in [0.5, 0.6) is 0 Å². The summed E-state index contributed by atoms with van der Waals surface area (Å²) in [5, 5.41) is 4.17. The van der Waals surface area contributed by atoms with Crippen LogP contribution in [0.1, 0.15) is 68.3 Å². The molecule has 1 atom stereocenters. The first kappa shape index (κ1) is 20.2. The Morgan fingerprint density at radius 1 is 1.07 bits per heavy atom. The number of hydrogen-bond acceptors (Lipinski definition) is 5. The minimum absolute atomic E-state index is 0.121. The van der Waals surface area contributed by atoms with Gasteiger partial charge in [0.05, 0.1) is 0 Å². The third kappa shape index (κ3) is 4.05. The van der Waals surface area contributed by atoms with Crippen molar-refractivity contribution in [3.05, 3.63) is 47.6 Å². The lowest BCUT2D eigenvalue weighted by molar-refractivity contribution is 0.260. The molecule has 3 aliphatic rings. The standard InChI is InChI=1S/C22H30N4O3S/c27-30(28,25-14-5-2-6-15-25)26-17-22(12-13-22)16-19(26)21-23-20(24-29-21)11-7-10-18-8-3-1-4-9-18/h1,3-4,8-9,19H,2,5-7,10-17H2/t19-/m0/s1. The van der Waals surface area contributed by atoms with Crippen LogP contribution in [0.15, 0.2) is 34.9 Å². The highest BCUT2D eigenvalue weighted by Crippen LogP contribution is 2.59. The number of hydrogen-bond donors (Lipinski definition) is 0. The second kappa shape index (κ2) is 8.05. The monoisotopic (exact) mass is 430 g/mol. The molecule has 1 aromatic heterocycles. The van der Waals surface area contributed by atoms with Crippen LogP contribution in [-0.4, -0.2) is 46.8 Å². The lowest BCUT2D eigenvalue weighted by Crippen LogP contribution is -2.46. The van der Waals surface area contributed by atoms with E-state index in [9.17, 15) is 8.42 Å². The average Bonchev–Trinajstić information content (AvgIpc) is 3.18. The Hall–Kier alpha value is -1.77. The van der Waals surface area contributed by atoms with Crippen molar-refractivity contribution in [3.63, 3.8) is 0 Å². The molecular formula is C22H30N4O3S. The predicted molar refractivity (Wildman–Crippen MR) is 113 cm³/mol. The zero-order chi connectivity index (χ0) is 20.6. The first-order chi connectivity index (χ1) is 14.6. The third-order valence-corrected chi connectivity index (χ3v) is 8.83. The lowest BCUT2D eigenvalue weighted by Gasteiger charge is -2.32. The summed E-state index contributed by atoms with van der Waals surface area (Å²) in [6.45, 7) is 1.82. The van der Waals surface area contributed by atoms with Crippen molar-refractivity contribution in [2.75, 3.05) is 19.6 Å².